The minimum absolute atomic E-state index is 0.143. The molecule has 140 valence electrons. The van der Waals surface area contributed by atoms with E-state index in [1.54, 1.807) is 18.3 Å². The van der Waals surface area contributed by atoms with Crippen LogP contribution in [0.15, 0.2) is 47.3 Å². The molecule has 28 heavy (non-hydrogen) atoms. The fraction of sp³-hybridized carbons (Fsp3) is 0.0952. The molecule has 0 saturated heterocycles. The van der Waals surface area contributed by atoms with E-state index in [0.717, 1.165) is 27.4 Å². The Labute approximate surface area is 168 Å². The molecule has 0 bridgehead atoms. The van der Waals surface area contributed by atoms with E-state index >= 15 is 0 Å². The molecule has 5 nitrogen and oxygen atoms in total. The summed E-state index contributed by atoms with van der Waals surface area (Å²) in [6.45, 7) is 3.68. The Morgan fingerprint density at radius 2 is 1.86 bits per heavy atom. The molecule has 0 fully saturated rings. The van der Waals surface area contributed by atoms with Gasteiger partial charge in [-0.15, -0.1) is 22.7 Å². The van der Waals surface area contributed by atoms with Crippen molar-refractivity contribution < 1.29 is 9.90 Å². The quantitative estimate of drug-likeness (QED) is 0.500. The molecule has 2 N–H and O–H groups in total. The molecule has 0 atom stereocenters. The third-order valence-corrected chi connectivity index (χ3v) is 6.50. The van der Waals surface area contributed by atoms with E-state index in [9.17, 15) is 14.7 Å². The van der Waals surface area contributed by atoms with Crippen molar-refractivity contribution in [3.05, 3.63) is 84.4 Å². The second kappa shape index (κ2) is 7.18. The van der Waals surface area contributed by atoms with Crippen LogP contribution in [0.2, 0.25) is 0 Å². The first-order valence-electron chi connectivity index (χ1n) is 8.54. The second-order valence-corrected chi connectivity index (χ2v) is 8.65. The molecule has 0 amide bonds. The summed E-state index contributed by atoms with van der Waals surface area (Å²) < 4.78 is 0. The fourth-order valence-corrected chi connectivity index (χ4v) is 4.90. The molecule has 0 saturated carbocycles. The Hall–Kier alpha value is -3.03. The number of aromatic nitrogens is 2. The van der Waals surface area contributed by atoms with E-state index in [2.05, 4.69) is 9.97 Å². The maximum absolute atomic E-state index is 12.7. The Morgan fingerprint density at radius 3 is 2.50 bits per heavy atom. The van der Waals surface area contributed by atoms with Crippen molar-refractivity contribution in [1.29, 1.82) is 0 Å². The Morgan fingerprint density at radius 1 is 1.11 bits per heavy atom. The van der Waals surface area contributed by atoms with Gasteiger partial charge >= 0.3 is 5.97 Å². The van der Waals surface area contributed by atoms with Gasteiger partial charge in [0, 0.05) is 15.3 Å². The maximum atomic E-state index is 12.7. The lowest BCUT2D eigenvalue weighted by atomic mass is 10.0. The van der Waals surface area contributed by atoms with E-state index < -0.39 is 5.97 Å². The number of thiophene rings is 2. The molecule has 0 aliphatic rings. The number of hydrogen-bond donors (Lipinski definition) is 2. The van der Waals surface area contributed by atoms with Crippen LogP contribution < -0.4 is 5.56 Å². The number of nitrogens with zero attached hydrogens (tertiary/aromatic N) is 1. The number of aromatic amines is 1. The maximum Gasteiger partial charge on any atom is 0.346 e. The minimum atomic E-state index is -1.05. The highest BCUT2D eigenvalue weighted by Gasteiger charge is 2.20. The van der Waals surface area contributed by atoms with Crippen LogP contribution in [0.25, 0.3) is 21.9 Å². The van der Waals surface area contributed by atoms with Gasteiger partial charge in [-0.1, -0.05) is 30.3 Å². The normalized spacial score (nSPS) is 11.9. The van der Waals surface area contributed by atoms with Crippen LogP contribution in [0.1, 0.15) is 36.4 Å². The molecule has 3 heterocycles. The summed E-state index contributed by atoms with van der Waals surface area (Å²) >= 11 is 2.68. The average Bonchev–Trinajstić information content (AvgIpc) is 3.23. The number of hydrogen-bond acceptors (Lipinski definition) is 5. The van der Waals surface area contributed by atoms with Crippen LogP contribution in [-0.2, 0) is 0 Å². The molecule has 0 unspecified atom stereocenters. The number of H-pyrrole nitrogens is 1. The van der Waals surface area contributed by atoms with E-state index in [1.807, 2.05) is 55.5 Å². The summed E-state index contributed by atoms with van der Waals surface area (Å²) in [7, 11) is 0. The number of carboxylic acid groups (broad SMARTS) is 1. The van der Waals surface area contributed by atoms with Crippen molar-refractivity contribution in [3.63, 3.8) is 0 Å². The first-order valence-corrected chi connectivity index (χ1v) is 10.2. The van der Waals surface area contributed by atoms with Gasteiger partial charge in [-0.05, 0) is 43.2 Å². The number of benzene rings is 1. The third-order valence-electron chi connectivity index (χ3n) is 4.38. The summed E-state index contributed by atoms with van der Waals surface area (Å²) in [6, 6.07) is 13.8. The van der Waals surface area contributed by atoms with Crippen molar-refractivity contribution in [3.8, 4) is 0 Å². The van der Waals surface area contributed by atoms with Crippen LogP contribution in [0.4, 0.5) is 0 Å². The van der Waals surface area contributed by atoms with Crippen LogP contribution in [-0.4, -0.2) is 21.0 Å². The van der Waals surface area contributed by atoms with Crippen molar-refractivity contribution in [2.24, 2.45) is 0 Å². The largest absolute Gasteiger partial charge is 0.477 e. The lowest BCUT2D eigenvalue weighted by Gasteiger charge is -2.07. The van der Waals surface area contributed by atoms with E-state index in [0.29, 0.717) is 21.6 Å². The number of carboxylic acids is 1. The summed E-state index contributed by atoms with van der Waals surface area (Å²) in [4.78, 5) is 34.5. The molecule has 0 aliphatic carbocycles. The predicted molar refractivity (Wildman–Crippen MR) is 114 cm³/mol. The SMILES string of the molecule is Cc1ccc(C=C(c2ccccc2)c2nc3sc(C(=O)O)c(C)c3c(=O)[nH]2)s1. The highest BCUT2D eigenvalue weighted by molar-refractivity contribution is 7.20. The van der Waals surface area contributed by atoms with Gasteiger partial charge in [-0.3, -0.25) is 4.79 Å². The standard InChI is InChI=1S/C21H16N2O3S2/c1-11-8-9-14(27-11)10-15(13-6-4-3-5-7-13)18-22-19(24)16-12(2)17(21(25)26)28-20(16)23-18/h3-10H,1-2H3,(H,25,26)(H,22,23,24). The van der Waals surface area contributed by atoms with Gasteiger partial charge in [0.05, 0.1) is 5.39 Å². The minimum Gasteiger partial charge on any atom is -0.477 e. The topological polar surface area (TPSA) is 83.0 Å². The molecule has 0 spiro atoms. The molecule has 1 aromatic carbocycles. The Bertz CT molecular complexity index is 1280. The van der Waals surface area contributed by atoms with Crippen molar-refractivity contribution in [2.45, 2.75) is 13.8 Å². The van der Waals surface area contributed by atoms with E-state index in [-0.39, 0.29) is 10.4 Å². The van der Waals surface area contributed by atoms with Gasteiger partial charge in [0.15, 0.2) is 0 Å². The Balaban J connectivity index is 1.96. The zero-order chi connectivity index (χ0) is 19.8. The summed E-state index contributed by atoms with van der Waals surface area (Å²) in [5.74, 6) is -0.623. The summed E-state index contributed by atoms with van der Waals surface area (Å²) in [6.07, 6.45) is 2.00. The zero-order valence-electron chi connectivity index (χ0n) is 15.1. The number of aromatic carboxylic acids is 1. The lowest BCUT2D eigenvalue weighted by Crippen LogP contribution is -2.11. The highest BCUT2D eigenvalue weighted by atomic mass is 32.1. The van der Waals surface area contributed by atoms with Crippen LogP contribution in [0.5, 0.6) is 0 Å². The monoisotopic (exact) mass is 408 g/mol. The van der Waals surface area contributed by atoms with E-state index in [1.165, 1.54) is 4.88 Å². The zero-order valence-corrected chi connectivity index (χ0v) is 16.8. The van der Waals surface area contributed by atoms with Crippen molar-refractivity contribution in [1.82, 2.24) is 9.97 Å². The molecular formula is C21H16N2O3S2. The van der Waals surface area contributed by atoms with Gasteiger partial charge in [0.2, 0.25) is 0 Å². The first kappa shape index (κ1) is 18.3. The van der Waals surface area contributed by atoms with Gasteiger partial charge in [0.25, 0.3) is 5.56 Å². The first-order chi connectivity index (χ1) is 13.4. The number of fused-ring (bicyclic) bond motifs is 1. The smallest absolute Gasteiger partial charge is 0.346 e. The van der Waals surface area contributed by atoms with E-state index in [4.69, 9.17) is 0 Å². The highest BCUT2D eigenvalue weighted by Crippen LogP contribution is 2.30. The molecule has 7 heteroatoms. The fourth-order valence-electron chi connectivity index (χ4n) is 3.05. The van der Waals surface area contributed by atoms with Crippen molar-refractivity contribution >= 4 is 50.5 Å². The number of aryl methyl sites for hydroxylation is 2. The number of carbonyl (C=O) groups is 1. The molecule has 3 aromatic heterocycles. The van der Waals surface area contributed by atoms with Crippen LogP contribution in [0, 0.1) is 13.8 Å². The Kier molecular flexibility index (Phi) is 4.70. The lowest BCUT2D eigenvalue weighted by molar-refractivity contribution is 0.0701. The molecular weight excluding hydrogens is 392 g/mol. The van der Waals surface area contributed by atoms with Gasteiger partial charge < -0.3 is 10.1 Å². The molecule has 0 radical (unpaired) electrons. The summed E-state index contributed by atoms with van der Waals surface area (Å²) in [5, 5.41) is 9.71. The van der Waals surface area contributed by atoms with Crippen LogP contribution >= 0.6 is 22.7 Å². The third kappa shape index (κ3) is 3.30. The number of nitrogens with one attached hydrogen (secondary N) is 1. The van der Waals surface area contributed by atoms with Gasteiger partial charge in [-0.2, -0.15) is 0 Å². The van der Waals surface area contributed by atoms with Gasteiger partial charge in [-0.25, -0.2) is 9.78 Å². The van der Waals surface area contributed by atoms with Gasteiger partial charge in [0.1, 0.15) is 15.5 Å². The molecule has 0 aliphatic heterocycles. The second-order valence-electron chi connectivity index (χ2n) is 6.33. The molecule has 4 aromatic rings. The average molecular weight is 409 g/mol. The van der Waals surface area contributed by atoms with Crippen LogP contribution in [0.3, 0.4) is 0 Å². The number of rotatable bonds is 4. The summed E-state index contributed by atoms with van der Waals surface area (Å²) in [5.41, 5.74) is 1.82. The molecule has 4 rings (SSSR count). The predicted octanol–water partition coefficient (Wildman–Crippen LogP) is 4.95. The van der Waals surface area contributed by atoms with Crippen molar-refractivity contribution in [2.75, 3.05) is 0 Å².